The summed E-state index contributed by atoms with van der Waals surface area (Å²) in [6.07, 6.45) is 4.78. The highest BCUT2D eigenvalue weighted by molar-refractivity contribution is 6.04. The number of fused-ring (bicyclic) bond motifs is 1. The van der Waals surface area contributed by atoms with E-state index in [2.05, 4.69) is 15.4 Å². The molecule has 0 atom stereocenters. The Morgan fingerprint density at radius 1 is 1.25 bits per heavy atom. The number of hydrogen-bond donors (Lipinski definition) is 4. The molecule has 1 aromatic carbocycles. The molecule has 0 radical (unpaired) electrons. The van der Waals surface area contributed by atoms with Crippen molar-refractivity contribution in [3.63, 3.8) is 0 Å². The predicted molar refractivity (Wildman–Crippen MR) is 107 cm³/mol. The molecule has 2 aromatic heterocycles. The van der Waals surface area contributed by atoms with Crippen LogP contribution in [0, 0.1) is 5.41 Å². The summed E-state index contributed by atoms with van der Waals surface area (Å²) in [7, 11) is 0. The first-order valence-corrected chi connectivity index (χ1v) is 9.11. The van der Waals surface area contributed by atoms with E-state index in [1.165, 1.54) is 6.33 Å². The number of amides is 1. The molecule has 144 valence electrons. The summed E-state index contributed by atoms with van der Waals surface area (Å²) in [5.74, 6) is 0.445. The number of anilines is 2. The topological polar surface area (TPSA) is 138 Å². The lowest BCUT2D eigenvalue weighted by atomic mass is 10.1. The molecule has 0 aliphatic carbocycles. The minimum Gasteiger partial charge on any atom is -0.384 e. The average molecular weight is 378 g/mol. The molecule has 0 bridgehead atoms. The first-order valence-electron chi connectivity index (χ1n) is 9.11. The van der Waals surface area contributed by atoms with Crippen LogP contribution < -0.4 is 16.8 Å². The van der Waals surface area contributed by atoms with Gasteiger partial charge in [0.15, 0.2) is 5.82 Å². The highest BCUT2D eigenvalue weighted by Crippen LogP contribution is 2.25. The fraction of sp³-hybridized carbons (Fsp3) is 0.263. The van der Waals surface area contributed by atoms with Gasteiger partial charge in [0.25, 0.3) is 5.91 Å². The Kier molecular flexibility index (Phi) is 4.66. The molecule has 0 unspecified atom stereocenters. The van der Waals surface area contributed by atoms with Crippen molar-refractivity contribution in [3.8, 4) is 0 Å². The molecular formula is C19H22N8O. The number of amidine groups is 1. The number of hydrogen-bond acceptors (Lipinski definition) is 6. The van der Waals surface area contributed by atoms with Crippen LogP contribution in [0.4, 0.5) is 11.5 Å². The van der Waals surface area contributed by atoms with Crippen LogP contribution in [-0.2, 0) is 0 Å². The molecule has 1 saturated heterocycles. The van der Waals surface area contributed by atoms with Gasteiger partial charge in [-0.2, -0.15) is 5.10 Å². The fourth-order valence-electron chi connectivity index (χ4n) is 3.39. The molecule has 1 aliphatic rings. The lowest BCUT2D eigenvalue weighted by Crippen LogP contribution is -2.42. The van der Waals surface area contributed by atoms with Crippen molar-refractivity contribution in [2.24, 2.45) is 11.5 Å². The van der Waals surface area contributed by atoms with E-state index < -0.39 is 0 Å². The average Bonchev–Trinajstić information content (AvgIpc) is 3.13. The minimum absolute atomic E-state index is 0.0154. The summed E-state index contributed by atoms with van der Waals surface area (Å²) in [5, 5.41) is 15.0. The maximum absolute atomic E-state index is 13.1. The van der Waals surface area contributed by atoms with Crippen molar-refractivity contribution in [2.75, 3.05) is 18.4 Å². The maximum atomic E-state index is 13.1. The van der Waals surface area contributed by atoms with Crippen molar-refractivity contribution in [1.82, 2.24) is 19.5 Å². The summed E-state index contributed by atoms with van der Waals surface area (Å²) in [4.78, 5) is 19.2. The third-order valence-corrected chi connectivity index (χ3v) is 4.95. The Labute approximate surface area is 161 Å². The largest absolute Gasteiger partial charge is 0.384 e. The molecule has 1 aliphatic heterocycles. The number of aromatic nitrogens is 3. The van der Waals surface area contributed by atoms with Gasteiger partial charge in [-0.05, 0) is 31.0 Å². The Morgan fingerprint density at radius 2 is 2.04 bits per heavy atom. The van der Waals surface area contributed by atoms with Gasteiger partial charge in [0, 0.05) is 36.6 Å². The van der Waals surface area contributed by atoms with Gasteiger partial charge in [-0.3, -0.25) is 10.2 Å². The lowest BCUT2D eigenvalue weighted by Gasteiger charge is -2.30. The Balaban J connectivity index is 1.68. The summed E-state index contributed by atoms with van der Waals surface area (Å²) >= 11 is 0. The highest BCUT2D eigenvalue weighted by atomic mass is 16.2. The molecular weight excluding hydrogens is 356 g/mol. The molecule has 0 saturated carbocycles. The number of carbonyl (C=O) groups excluding carboxylic acids is 1. The first kappa shape index (κ1) is 17.9. The number of likely N-dealkylation sites (tertiary alicyclic amines) is 1. The smallest absolute Gasteiger partial charge is 0.256 e. The van der Waals surface area contributed by atoms with Crippen molar-refractivity contribution in [3.05, 3.63) is 54.0 Å². The SMILES string of the molecule is N=C(N)c1cccc(Nc2ncnn3ccc(C(=O)N4CCC(N)CC4)c23)c1. The number of nitrogens with zero attached hydrogens (tertiary/aromatic N) is 4. The number of piperidine rings is 1. The molecule has 9 heteroatoms. The van der Waals surface area contributed by atoms with Gasteiger partial charge < -0.3 is 21.7 Å². The van der Waals surface area contributed by atoms with Crippen LogP contribution in [0.25, 0.3) is 5.52 Å². The van der Waals surface area contributed by atoms with Crippen LogP contribution >= 0.6 is 0 Å². The van der Waals surface area contributed by atoms with Crippen molar-refractivity contribution in [1.29, 1.82) is 5.41 Å². The third-order valence-electron chi connectivity index (χ3n) is 4.95. The van der Waals surface area contributed by atoms with E-state index in [4.69, 9.17) is 16.9 Å². The van der Waals surface area contributed by atoms with E-state index in [0.29, 0.717) is 35.6 Å². The first-order chi connectivity index (χ1) is 13.5. The number of benzene rings is 1. The van der Waals surface area contributed by atoms with Crippen molar-refractivity contribution >= 4 is 28.8 Å². The number of nitrogen functional groups attached to an aromatic ring is 1. The second-order valence-electron chi connectivity index (χ2n) is 6.88. The summed E-state index contributed by atoms with van der Waals surface area (Å²) in [5.41, 5.74) is 14.0. The Hall–Kier alpha value is -3.46. The van der Waals surface area contributed by atoms with E-state index in [0.717, 1.165) is 18.5 Å². The molecule has 28 heavy (non-hydrogen) atoms. The van der Waals surface area contributed by atoms with E-state index in [1.54, 1.807) is 35.0 Å². The highest BCUT2D eigenvalue weighted by Gasteiger charge is 2.25. The number of nitrogens with two attached hydrogens (primary N) is 2. The predicted octanol–water partition coefficient (Wildman–Crippen LogP) is 1.32. The third kappa shape index (κ3) is 3.39. The molecule has 1 fully saturated rings. The van der Waals surface area contributed by atoms with Crippen LogP contribution in [0.1, 0.15) is 28.8 Å². The number of carbonyl (C=O) groups is 1. The van der Waals surface area contributed by atoms with Gasteiger partial charge in [0.2, 0.25) is 0 Å². The van der Waals surface area contributed by atoms with Crippen LogP contribution in [0.2, 0.25) is 0 Å². The van der Waals surface area contributed by atoms with Crippen LogP contribution in [0.3, 0.4) is 0 Å². The molecule has 6 N–H and O–H groups in total. The van der Waals surface area contributed by atoms with E-state index in [1.807, 2.05) is 11.0 Å². The zero-order chi connectivity index (χ0) is 19.7. The Morgan fingerprint density at radius 3 is 2.79 bits per heavy atom. The number of nitrogens with one attached hydrogen (secondary N) is 2. The molecule has 0 spiro atoms. The second kappa shape index (κ2) is 7.28. The molecule has 4 rings (SSSR count). The normalized spacial score (nSPS) is 15.0. The second-order valence-corrected chi connectivity index (χ2v) is 6.88. The fourth-order valence-corrected chi connectivity index (χ4v) is 3.39. The van der Waals surface area contributed by atoms with E-state index >= 15 is 0 Å². The lowest BCUT2D eigenvalue weighted by molar-refractivity contribution is 0.0717. The van der Waals surface area contributed by atoms with Gasteiger partial charge in [-0.1, -0.05) is 12.1 Å². The molecule has 3 heterocycles. The van der Waals surface area contributed by atoms with Crippen molar-refractivity contribution < 1.29 is 4.79 Å². The van der Waals surface area contributed by atoms with E-state index in [9.17, 15) is 4.79 Å². The summed E-state index contributed by atoms with van der Waals surface area (Å²) in [6, 6.07) is 9.09. The van der Waals surface area contributed by atoms with Crippen LogP contribution in [0.5, 0.6) is 0 Å². The van der Waals surface area contributed by atoms with Gasteiger partial charge in [-0.15, -0.1) is 0 Å². The van der Waals surface area contributed by atoms with Gasteiger partial charge in [0.1, 0.15) is 17.7 Å². The van der Waals surface area contributed by atoms with E-state index in [-0.39, 0.29) is 17.8 Å². The summed E-state index contributed by atoms with van der Waals surface area (Å²) in [6.45, 7) is 1.29. The zero-order valence-electron chi connectivity index (χ0n) is 15.3. The monoisotopic (exact) mass is 378 g/mol. The molecule has 3 aromatic rings. The van der Waals surface area contributed by atoms with Gasteiger partial charge in [0.05, 0.1) is 5.56 Å². The maximum Gasteiger partial charge on any atom is 0.256 e. The van der Waals surface area contributed by atoms with Gasteiger partial charge >= 0.3 is 0 Å². The van der Waals surface area contributed by atoms with Crippen LogP contribution in [0.15, 0.2) is 42.9 Å². The van der Waals surface area contributed by atoms with Gasteiger partial charge in [-0.25, -0.2) is 9.50 Å². The molecule has 1 amide bonds. The van der Waals surface area contributed by atoms with Crippen molar-refractivity contribution in [2.45, 2.75) is 18.9 Å². The minimum atomic E-state index is -0.0512. The summed E-state index contributed by atoms with van der Waals surface area (Å²) < 4.78 is 1.63. The standard InChI is InChI=1S/C19H22N8O/c20-13-4-7-26(8-5-13)19(28)15-6-9-27-16(15)18(23-11-24-27)25-14-3-1-2-12(10-14)17(21)22/h1-3,6,9-11,13H,4-5,7-8,20H2,(H3,21,22)(H,23,24,25). The molecule has 9 nitrogen and oxygen atoms in total. The quantitative estimate of drug-likeness (QED) is 0.399. The number of rotatable bonds is 4. The Bertz CT molecular complexity index is 1040. The van der Waals surface area contributed by atoms with Crippen LogP contribution in [-0.4, -0.2) is 50.4 Å². The zero-order valence-corrected chi connectivity index (χ0v) is 15.3.